The molecule has 8 heteroatoms. The number of hydrogen-bond donors (Lipinski definition) is 0. The first kappa shape index (κ1) is 20.6. The Balaban J connectivity index is 2.10. The molecule has 0 aliphatic heterocycles. The molecule has 0 N–H and O–H groups in total. The lowest BCUT2D eigenvalue weighted by atomic mass is 10.1. The molecule has 0 radical (unpaired) electrons. The van der Waals surface area contributed by atoms with Crippen molar-refractivity contribution in [3.05, 3.63) is 82.1 Å². The molecule has 29 heavy (non-hydrogen) atoms. The van der Waals surface area contributed by atoms with Crippen LogP contribution in [0.4, 0.5) is 5.69 Å². The van der Waals surface area contributed by atoms with E-state index < -0.39 is 11.8 Å². The Labute approximate surface area is 177 Å². The predicted octanol–water partition coefficient (Wildman–Crippen LogP) is 4.89. The third-order valence-electron chi connectivity index (χ3n) is 4.13. The maximum Gasteiger partial charge on any atom is 0.265 e. The first-order valence-corrected chi connectivity index (χ1v) is 9.17. The van der Waals surface area contributed by atoms with E-state index in [9.17, 15) is 9.59 Å². The highest BCUT2D eigenvalue weighted by Crippen LogP contribution is 2.35. The van der Waals surface area contributed by atoms with Crippen LogP contribution < -0.4 is 14.4 Å². The highest BCUT2D eigenvalue weighted by atomic mass is 35.5. The van der Waals surface area contributed by atoms with Gasteiger partial charge in [0.25, 0.3) is 11.8 Å². The summed E-state index contributed by atoms with van der Waals surface area (Å²) in [4.78, 5) is 31.4. The predicted molar refractivity (Wildman–Crippen MR) is 111 cm³/mol. The summed E-state index contributed by atoms with van der Waals surface area (Å²) in [5.41, 5.74) is 0.582. The minimum absolute atomic E-state index is 0.0602. The van der Waals surface area contributed by atoms with E-state index >= 15 is 0 Å². The van der Waals surface area contributed by atoms with Gasteiger partial charge in [0.2, 0.25) is 0 Å². The van der Waals surface area contributed by atoms with Crippen molar-refractivity contribution in [2.24, 2.45) is 0 Å². The fourth-order valence-corrected chi connectivity index (χ4v) is 3.17. The number of methoxy groups -OCH3 is 2. The van der Waals surface area contributed by atoms with Gasteiger partial charge in [-0.15, -0.1) is 0 Å². The highest BCUT2D eigenvalue weighted by molar-refractivity contribution is 6.42. The standard InChI is InChI=1S/C21H16Cl2N2O4/c1-28-15-7-3-13(4-8-15)20(26)25(19-17(22)11-24-12-18(19)23)21(27)14-5-9-16(29-2)10-6-14/h3-12H,1-2H3. The van der Waals surface area contributed by atoms with Gasteiger partial charge in [-0.3, -0.25) is 14.6 Å². The van der Waals surface area contributed by atoms with E-state index in [1.54, 1.807) is 48.5 Å². The van der Waals surface area contributed by atoms with Crippen LogP contribution in [-0.2, 0) is 0 Å². The number of pyridine rings is 1. The Morgan fingerprint density at radius 1 is 0.759 bits per heavy atom. The number of ether oxygens (including phenoxy) is 2. The van der Waals surface area contributed by atoms with E-state index in [1.807, 2.05) is 0 Å². The number of rotatable bonds is 5. The minimum Gasteiger partial charge on any atom is -0.497 e. The number of carbonyl (C=O) groups excluding carboxylic acids is 2. The van der Waals surface area contributed by atoms with Crippen LogP contribution in [0.2, 0.25) is 10.0 Å². The van der Waals surface area contributed by atoms with Crippen molar-refractivity contribution in [3.63, 3.8) is 0 Å². The van der Waals surface area contributed by atoms with Crippen molar-refractivity contribution in [2.75, 3.05) is 19.1 Å². The molecular formula is C21H16Cl2N2O4. The Kier molecular flexibility index (Phi) is 6.36. The number of imide groups is 1. The van der Waals surface area contributed by atoms with Gasteiger partial charge < -0.3 is 9.47 Å². The van der Waals surface area contributed by atoms with E-state index in [-0.39, 0.29) is 26.9 Å². The van der Waals surface area contributed by atoms with Crippen LogP contribution in [0.1, 0.15) is 20.7 Å². The molecule has 1 heterocycles. The summed E-state index contributed by atoms with van der Waals surface area (Å²) in [5, 5.41) is 0.141. The zero-order valence-electron chi connectivity index (χ0n) is 15.6. The first-order chi connectivity index (χ1) is 14.0. The Morgan fingerprint density at radius 2 is 1.14 bits per heavy atom. The van der Waals surface area contributed by atoms with Crippen molar-refractivity contribution < 1.29 is 19.1 Å². The van der Waals surface area contributed by atoms with E-state index in [4.69, 9.17) is 32.7 Å². The Hall–Kier alpha value is -3.09. The maximum absolute atomic E-state index is 13.3. The number of aromatic nitrogens is 1. The van der Waals surface area contributed by atoms with Crippen LogP contribution in [0, 0.1) is 0 Å². The molecule has 0 spiro atoms. The smallest absolute Gasteiger partial charge is 0.265 e. The second-order valence-corrected chi connectivity index (χ2v) is 6.67. The average Bonchev–Trinajstić information content (AvgIpc) is 2.75. The molecule has 0 bridgehead atoms. The van der Waals surface area contributed by atoms with Gasteiger partial charge in [-0.25, -0.2) is 4.90 Å². The Morgan fingerprint density at radius 3 is 1.48 bits per heavy atom. The van der Waals surface area contributed by atoms with Crippen LogP contribution in [0.3, 0.4) is 0 Å². The molecular weight excluding hydrogens is 415 g/mol. The summed E-state index contributed by atoms with van der Waals surface area (Å²) >= 11 is 12.5. The van der Waals surface area contributed by atoms with Gasteiger partial charge in [-0.05, 0) is 48.5 Å². The third kappa shape index (κ3) is 4.34. The van der Waals surface area contributed by atoms with Gasteiger partial charge in [-0.2, -0.15) is 0 Å². The van der Waals surface area contributed by atoms with E-state index in [0.717, 1.165) is 4.90 Å². The molecule has 3 aromatic rings. The van der Waals surface area contributed by atoms with Crippen molar-refractivity contribution in [2.45, 2.75) is 0 Å². The molecule has 2 amide bonds. The summed E-state index contributed by atoms with van der Waals surface area (Å²) in [6.45, 7) is 0. The first-order valence-electron chi connectivity index (χ1n) is 8.42. The van der Waals surface area contributed by atoms with E-state index in [0.29, 0.717) is 11.5 Å². The van der Waals surface area contributed by atoms with Gasteiger partial charge in [-0.1, -0.05) is 23.2 Å². The summed E-state index contributed by atoms with van der Waals surface area (Å²) < 4.78 is 10.2. The summed E-state index contributed by atoms with van der Waals surface area (Å²) in [6, 6.07) is 12.7. The van der Waals surface area contributed by atoms with Crippen molar-refractivity contribution in [3.8, 4) is 11.5 Å². The summed E-state index contributed by atoms with van der Waals surface area (Å²) in [6.07, 6.45) is 2.64. The lowest BCUT2D eigenvalue weighted by Gasteiger charge is -2.23. The molecule has 6 nitrogen and oxygen atoms in total. The molecule has 148 valence electrons. The lowest BCUT2D eigenvalue weighted by Crippen LogP contribution is -2.37. The average molecular weight is 431 g/mol. The summed E-state index contributed by atoms with van der Waals surface area (Å²) in [5.74, 6) is -0.0314. The SMILES string of the molecule is COc1ccc(C(=O)N(C(=O)c2ccc(OC)cc2)c2c(Cl)cncc2Cl)cc1. The van der Waals surface area contributed by atoms with Crippen LogP contribution in [-0.4, -0.2) is 31.0 Å². The van der Waals surface area contributed by atoms with Crippen LogP contribution in [0.15, 0.2) is 60.9 Å². The second kappa shape index (κ2) is 8.94. The monoisotopic (exact) mass is 430 g/mol. The molecule has 0 saturated carbocycles. The number of nitrogens with zero attached hydrogens (tertiary/aromatic N) is 2. The number of amides is 2. The van der Waals surface area contributed by atoms with E-state index in [1.165, 1.54) is 26.6 Å². The number of carbonyl (C=O) groups is 2. The fourth-order valence-electron chi connectivity index (χ4n) is 2.64. The van der Waals surface area contributed by atoms with Crippen molar-refractivity contribution in [1.82, 2.24) is 4.98 Å². The van der Waals surface area contributed by atoms with Gasteiger partial charge in [0, 0.05) is 23.5 Å². The quantitative estimate of drug-likeness (QED) is 0.538. The van der Waals surface area contributed by atoms with Crippen LogP contribution in [0.5, 0.6) is 11.5 Å². The van der Waals surface area contributed by atoms with Gasteiger partial charge in [0.05, 0.1) is 30.0 Å². The largest absolute Gasteiger partial charge is 0.497 e. The third-order valence-corrected chi connectivity index (χ3v) is 4.69. The molecule has 0 aliphatic carbocycles. The topological polar surface area (TPSA) is 68.7 Å². The van der Waals surface area contributed by atoms with E-state index in [2.05, 4.69) is 4.98 Å². The zero-order valence-corrected chi connectivity index (χ0v) is 17.1. The number of benzene rings is 2. The number of halogens is 2. The molecule has 1 aromatic heterocycles. The van der Waals surface area contributed by atoms with Crippen molar-refractivity contribution >= 4 is 40.7 Å². The van der Waals surface area contributed by atoms with Gasteiger partial charge in [0.1, 0.15) is 11.5 Å². The molecule has 0 saturated heterocycles. The molecule has 3 rings (SSSR count). The maximum atomic E-state index is 13.3. The van der Waals surface area contributed by atoms with Crippen LogP contribution >= 0.6 is 23.2 Å². The van der Waals surface area contributed by atoms with Gasteiger partial charge >= 0.3 is 0 Å². The minimum atomic E-state index is -0.594. The van der Waals surface area contributed by atoms with Crippen LogP contribution in [0.25, 0.3) is 0 Å². The fraction of sp³-hybridized carbons (Fsp3) is 0.0952. The molecule has 0 aliphatic rings. The number of anilines is 1. The Bertz CT molecular complexity index is 958. The normalized spacial score (nSPS) is 10.3. The summed E-state index contributed by atoms with van der Waals surface area (Å²) in [7, 11) is 3.04. The molecule has 0 unspecified atom stereocenters. The molecule has 0 atom stereocenters. The van der Waals surface area contributed by atoms with Gasteiger partial charge in [0.15, 0.2) is 0 Å². The zero-order chi connectivity index (χ0) is 21.0. The van der Waals surface area contributed by atoms with Crippen molar-refractivity contribution in [1.29, 1.82) is 0 Å². The lowest BCUT2D eigenvalue weighted by molar-refractivity contribution is 0.0897. The molecule has 2 aromatic carbocycles. The number of hydrogen-bond acceptors (Lipinski definition) is 5. The highest BCUT2D eigenvalue weighted by Gasteiger charge is 2.30. The molecule has 0 fully saturated rings. The second-order valence-electron chi connectivity index (χ2n) is 5.85.